The van der Waals surface area contributed by atoms with Crippen LogP contribution in [0.25, 0.3) is 0 Å². The van der Waals surface area contributed by atoms with Gasteiger partial charge in [-0.25, -0.2) is 0 Å². The number of benzene rings is 1. The number of hydrogen-bond acceptors (Lipinski definition) is 6. The van der Waals surface area contributed by atoms with Crippen LogP contribution in [-0.2, 0) is 17.1 Å². The molecule has 1 aromatic carbocycles. The van der Waals surface area contributed by atoms with Gasteiger partial charge in [-0.1, -0.05) is 29.4 Å². The quantitative estimate of drug-likeness (QED) is 0.837. The summed E-state index contributed by atoms with van der Waals surface area (Å²) < 4.78 is 5.13. The first kappa shape index (κ1) is 17.5. The van der Waals surface area contributed by atoms with Crippen molar-refractivity contribution in [2.24, 2.45) is 0 Å². The molecule has 1 N–H and O–H groups in total. The lowest BCUT2D eigenvalue weighted by molar-refractivity contribution is -0.126. The number of aryl methyl sites for hydroxylation is 1. The van der Waals surface area contributed by atoms with E-state index >= 15 is 0 Å². The summed E-state index contributed by atoms with van der Waals surface area (Å²) >= 11 is 1.62. The molecule has 2 aromatic rings. The third-order valence-electron chi connectivity index (χ3n) is 3.45. The second-order valence-electron chi connectivity index (χ2n) is 5.48. The van der Waals surface area contributed by atoms with E-state index in [1.165, 1.54) is 0 Å². The summed E-state index contributed by atoms with van der Waals surface area (Å²) in [7, 11) is 3.78. The summed E-state index contributed by atoms with van der Waals surface area (Å²) in [5.41, 5.74) is 2.07. The molecule has 0 radical (unpaired) electrons. The van der Waals surface area contributed by atoms with Gasteiger partial charge in [0.2, 0.25) is 11.8 Å². The summed E-state index contributed by atoms with van der Waals surface area (Å²) in [6.45, 7) is 2.24. The average molecular weight is 334 g/mol. The highest BCUT2D eigenvalue weighted by atomic mass is 32.2. The Labute approximate surface area is 140 Å². The van der Waals surface area contributed by atoms with E-state index in [9.17, 15) is 4.79 Å². The minimum atomic E-state index is -0.357. The maximum Gasteiger partial charge on any atom is 0.246 e. The van der Waals surface area contributed by atoms with Crippen molar-refractivity contribution in [1.82, 2.24) is 20.4 Å². The first-order valence-electron chi connectivity index (χ1n) is 7.33. The van der Waals surface area contributed by atoms with Gasteiger partial charge in [0, 0.05) is 0 Å². The standard InChI is InChI=1S/C16H22N4O2S/c1-11-7-5-6-8-12(11)15(20(2)3)16(21)17-9-14-18-13(10-23-4)19-22-14/h5-8,15H,9-10H2,1-4H3,(H,17,21)/t15-/m1/s1. The Kier molecular flexibility index (Phi) is 6.18. The number of likely N-dealkylation sites (N-methyl/N-ethyl adjacent to an activating group) is 1. The minimum absolute atomic E-state index is 0.0890. The molecule has 0 aliphatic rings. The predicted octanol–water partition coefficient (Wildman–Crippen LogP) is 2.16. The molecule has 0 aliphatic carbocycles. The SMILES string of the molecule is CSCc1noc(CNC(=O)[C@@H](c2ccccc2C)N(C)C)n1. The molecule has 6 nitrogen and oxygen atoms in total. The van der Waals surface area contributed by atoms with Crippen LogP contribution in [0.3, 0.4) is 0 Å². The Morgan fingerprint density at radius 2 is 2.13 bits per heavy atom. The van der Waals surface area contributed by atoms with Crippen LogP contribution in [0.5, 0.6) is 0 Å². The van der Waals surface area contributed by atoms with Gasteiger partial charge in [0.1, 0.15) is 6.04 Å². The molecule has 1 heterocycles. The van der Waals surface area contributed by atoms with Gasteiger partial charge in [-0.2, -0.15) is 16.7 Å². The molecule has 0 unspecified atom stereocenters. The normalized spacial score (nSPS) is 12.4. The van der Waals surface area contributed by atoms with Gasteiger partial charge in [-0.05, 0) is 38.4 Å². The highest BCUT2D eigenvalue weighted by molar-refractivity contribution is 7.97. The van der Waals surface area contributed by atoms with Crippen LogP contribution in [0.15, 0.2) is 28.8 Å². The highest BCUT2D eigenvalue weighted by Crippen LogP contribution is 2.22. The molecule has 0 saturated heterocycles. The van der Waals surface area contributed by atoms with Gasteiger partial charge >= 0.3 is 0 Å². The molecule has 23 heavy (non-hydrogen) atoms. The van der Waals surface area contributed by atoms with E-state index in [1.807, 2.05) is 56.4 Å². The lowest BCUT2D eigenvalue weighted by Crippen LogP contribution is -2.37. The third kappa shape index (κ3) is 4.56. The number of thioether (sulfide) groups is 1. The van der Waals surface area contributed by atoms with Gasteiger partial charge < -0.3 is 9.84 Å². The first-order chi connectivity index (χ1) is 11.0. The number of carbonyl (C=O) groups is 1. The molecule has 0 aliphatic heterocycles. The maximum atomic E-state index is 12.6. The summed E-state index contributed by atoms with van der Waals surface area (Å²) in [6.07, 6.45) is 1.97. The van der Waals surface area contributed by atoms with Crippen molar-refractivity contribution in [3.8, 4) is 0 Å². The molecular formula is C16H22N4O2S. The van der Waals surface area contributed by atoms with Crippen LogP contribution in [0.2, 0.25) is 0 Å². The number of nitrogens with zero attached hydrogens (tertiary/aromatic N) is 3. The van der Waals surface area contributed by atoms with Crippen LogP contribution >= 0.6 is 11.8 Å². The Hall–Kier alpha value is -1.86. The average Bonchev–Trinajstić information content (AvgIpc) is 2.95. The van der Waals surface area contributed by atoms with Crippen LogP contribution < -0.4 is 5.32 Å². The van der Waals surface area contributed by atoms with E-state index in [0.29, 0.717) is 17.5 Å². The zero-order valence-corrected chi connectivity index (χ0v) is 14.7. The molecule has 7 heteroatoms. The van der Waals surface area contributed by atoms with Crippen molar-refractivity contribution in [1.29, 1.82) is 0 Å². The van der Waals surface area contributed by atoms with Gasteiger partial charge in [-0.15, -0.1) is 0 Å². The molecule has 0 bridgehead atoms. The summed E-state index contributed by atoms with van der Waals surface area (Å²) in [5.74, 6) is 1.67. The van der Waals surface area contributed by atoms with E-state index in [2.05, 4.69) is 15.5 Å². The van der Waals surface area contributed by atoms with E-state index in [0.717, 1.165) is 11.1 Å². The van der Waals surface area contributed by atoms with E-state index < -0.39 is 0 Å². The third-order valence-corrected chi connectivity index (χ3v) is 3.99. The van der Waals surface area contributed by atoms with Gasteiger partial charge in [0.05, 0.1) is 12.3 Å². The van der Waals surface area contributed by atoms with Crippen molar-refractivity contribution in [3.63, 3.8) is 0 Å². The lowest BCUT2D eigenvalue weighted by Gasteiger charge is -2.25. The molecule has 0 fully saturated rings. The number of nitrogens with one attached hydrogen (secondary N) is 1. The smallest absolute Gasteiger partial charge is 0.246 e. The fourth-order valence-corrected chi connectivity index (χ4v) is 2.73. The molecule has 0 spiro atoms. The summed E-state index contributed by atoms with van der Waals surface area (Å²) in [6, 6.07) is 7.53. The largest absolute Gasteiger partial charge is 0.345 e. The minimum Gasteiger partial charge on any atom is -0.345 e. The number of carbonyl (C=O) groups excluding carboxylic acids is 1. The Morgan fingerprint density at radius 3 is 2.78 bits per heavy atom. The van der Waals surface area contributed by atoms with Crippen LogP contribution in [0.4, 0.5) is 0 Å². The fourth-order valence-electron chi connectivity index (χ4n) is 2.36. The Balaban J connectivity index is 2.05. The molecule has 0 saturated carbocycles. The van der Waals surface area contributed by atoms with Crippen LogP contribution in [0.1, 0.15) is 28.9 Å². The van der Waals surface area contributed by atoms with Crippen molar-refractivity contribution >= 4 is 17.7 Å². The van der Waals surface area contributed by atoms with Crippen molar-refractivity contribution in [2.75, 3.05) is 20.4 Å². The van der Waals surface area contributed by atoms with Crippen LogP contribution in [-0.4, -0.2) is 41.3 Å². The molecular weight excluding hydrogens is 312 g/mol. The van der Waals surface area contributed by atoms with E-state index in [1.54, 1.807) is 11.8 Å². The molecule has 124 valence electrons. The van der Waals surface area contributed by atoms with Gasteiger partial charge in [0.15, 0.2) is 5.82 Å². The number of amides is 1. The van der Waals surface area contributed by atoms with E-state index in [4.69, 9.17) is 4.52 Å². The van der Waals surface area contributed by atoms with Gasteiger partial charge in [0.25, 0.3) is 0 Å². The van der Waals surface area contributed by atoms with Gasteiger partial charge in [-0.3, -0.25) is 9.69 Å². The van der Waals surface area contributed by atoms with Crippen LogP contribution in [0, 0.1) is 6.92 Å². The monoisotopic (exact) mass is 334 g/mol. The van der Waals surface area contributed by atoms with Crippen molar-refractivity contribution in [2.45, 2.75) is 25.3 Å². The zero-order valence-electron chi connectivity index (χ0n) is 13.9. The van der Waals surface area contributed by atoms with E-state index in [-0.39, 0.29) is 18.5 Å². The fraction of sp³-hybridized carbons (Fsp3) is 0.438. The predicted molar refractivity (Wildman–Crippen MR) is 91.0 cm³/mol. The van der Waals surface area contributed by atoms with Crippen molar-refractivity contribution < 1.29 is 9.32 Å². The number of rotatable bonds is 7. The number of hydrogen-bond donors (Lipinski definition) is 1. The highest BCUT2D eigenvalue weighted by Gasteiger charge is 2.24. The maximum absolute atomic E-state index is 12.6. The van der Waals surface area contributed by atoms with Crippen molar-refractivity contribution in [3.05, 3.63) is 47.1 Å². The lowest BCUT2D eigenvalue weighted by atomic mass is 10.00. The molecule has 1 aromatic heterocycles. The molecule has 1 atom stereocenters. The zero-order chi connectivity index (χ0) is 16.8. The Morgan fingerprint density at radius 1 is 1.39 bits per heavy atom. The summed E-state index contributed by atoms with van der Waals surface area (Å²) in [5, 5.41) is 6.75. The topological polar surface area (TPSA) is 71.3 Å². The Bertz CT molecular complexity index is 657. The number of aromatic nitrogens is 2. The second kappa shape index (κ2) is 8.12. The summed E-state index contributed by atoms with van der Waals surface area (Å²) in [4.78, 5) is 18.7. The molecule has 2 rings (SSSR count). The molecule has 1 amide bonds. The first-order valence-corrected chi connectivity index (χ1v) is 8.72. The second-order valence-corrected chi connectivity index (χ2v) is 6.34.